The number of aryl methyl sites for hydroxylation is 1. The van der Waals surface area contributed by atoms with E-state index < -0.39 is 0 Å². The second kappa shape index (κ2) is 8.44. The van der Waals surface area contributed by atoms with Gasteiger partial charge in [-0.1, -0.05) is 30.3 Å². The summed E-state index contributed by atoms with van der Waals surface area (Å²) in [7, 11) is 4.07. The molecular formula is C19H25N3O. The highest BCUT2D eigenvalue weighted by Gasteiger charge is 2.24. The number of carbonyl (C=O) groups is 1. The summed E-state index contributed by atoms with van der Waals surface area (Å²) in [5, 5.41) is 3.06. The van der Waals surface area contributed by atoms with Crippen LogP contribution in [0.25, 0.3) is 0 Å². The number of pyridine rings is 1. The summed E-state index contributed by atoms with van der Waals surface area (Å²) < 4.78 is 0. The smallest absolute Gasteiger partial charge is 0.233 e. The molecular weight excluding hydrogens is 286 g/mol. The molecule has 4 nitrogen and oxygen atoms in total. The normalized spacial score (nSPS) is 12.2. The molecule has 2 aromatic rings. The van der Waals surface area contributed by atoms with Gasteiger partial charge in [-0.15, -0.1) is 0 Å². The Morgan fingerprint density at radius 3 is 2.57 bits per heavy atom. The molecule has 1 unspecified atom stereocenters. The number of hydrogen-bond donors (Lipinski definition) is 1. The third-order valence-corrected chi connectivity index (χ3v) is 3.83. The van der Waals surface area contributed by atoms with Crippen molar-refractivity contribution in [2.24, 2.45) is 0 Å². The molecule has 2 rings (SSSR count). The fourth-order valence-electron chi connectivity index (χ4n) is 2.60. The lowest BCUT2D eigenvalue weighted by atomic mass is 9.90. The summed E-state index contributed by atoms with van der Waals surface area (Å²) in [6.45, 7) is 3.66. The molecule has 0 aliphatic rings. The Bertz CT molecular complexity index is 626. The maximum Gasteiger partial charge on any atom is 0.233 e. The van der Waals surface area contributed by atoms with Crippen molar-refractivity contribution < 1.29 is 4.79 Å². The van der Waals surface area contributed by atoms with E-state index in [1.54, 1.807) is 6.20 Å². The van der Waals surface area contributed by atoms with E-state index in [4.69, 9.17) is 0 Å². The highest BCUT2D eigenvalue weighted by atomic mass is 16.1. The van der Waals surface area contributed by atoms with E-state index in [1.165, 1.54) is 0 Å². The van der Waals surface area contributed by atoms with E-state index in [2.05, 4.69) is 15.2 Å². The Morgan fingerprint density at radius 1 is 1.17 bits per heavy atom. The zero-order valence-corrected chi connectivity index (χ0v) is 14.1. The predicted molar refractivity (Wildman–Crippen MR) is 93.4 cm³/mol. The zero-order valence-electron chi connectivity index (χ0n) is 14.1. The van der Waals surface area contributed by atoms with Crippen LogP contribution in [0.2, 0.25) is 0 Å². The Hall–Kier alpha value is -2.20. The molecule has 0 radical (unpaired) electrons. The topological polar surface area (TPSA) is 45.2 Å². The van der Waals surface area contributed by atoms with Crippen LogP contribution in [0.4, 0.5) is 0 Å². The van der Waals surface area contributed by atoms with E-state index in [9.17, 15) is 4.79 Å². The van der Waals surface area contributed by atoms with Crippen molar-refractivity contribution in [1.29, 1.82) is 0 Å². The summed E-state index contributed by atoms with van der Waals surface area (Å²) in [5.74, 6) is -0.353. The first-order chi connectivity index (χ1) is 11.1. The molecule has 0 saturated heterocycles. The van der Waals surface area contributed by atoms with Crippen LogP contribution in [0.15, 0.2) is 48.7 Å². The predicted octanol–water partition coefficient (Wildman–Crippen LogP) is 2.59. The molecule has 0 bridgehead atoms. The minimum atomic E-state index is -0.364. The van der Waals surface area contributed by atoms with Gasteiger partial charge < -0.3 is 10.2 Å². The van der Waals surface area contributed by atoms with Gasteiger partial charge in [-0.3, -0.25) is 9.78 Å². The van der Waals surface area contributed by atoms with Gasteiger partial charge in [0.05, 0.1) is 5.69 Å². The fourth-order valence-corrected chi connectivity index (χ4v) is 2.60. The van der Waals surface area contributed by atoms with Crippen LogP contribution in [0, 0.1) is 6.92 Å². The lowest BCUT2D eigenvalue weighted by molar-refractivity contribution is -0.121. The molecule has 0 aliphatic carbocycles. The number of aromatic nitrogens is 1. The Balaban J connectivity index is 2.18. The second-order valence-corrected chi connectivity index (χ2v) is 5.99. The van der Waals surface area contributed by atoms with E-state index in [1.807, 2.05) is 63.5 Å². The molecule has 0 aliphatic heterocycles. The molecule has 1 N–H and O–H groups in total. The first kappa shape index (κ1) is 17.2. The highest BCUT2D eigenvalue weighted by Crippen LogP contribution is 2.26. The quantitative estimate of drug-likeness (QED) is 0.800. The van der Waals surface area contributed by atoms with Gasteiger partial charge in [0.2, 0.25) is 5.91 Å². The average Bonchev–Trinajstić information content (AvgIpc) is 2.54. The minimum Gasteiger partial charge on any atom is -0.355 e. The molecule has 1 aromatic heterocycles. The summed E-state index contributed by atoms with van der Waals surface area (Å²) in [6, 6.07) is 13.7. The Morgan fingerprint density at radius 2 is 1.91 bits per heavy atom. The molecule has 4 heteroatoms. The van der Waals surface area contributed by atoms with Crippen LogP contribution in [-0.4, -0.2) is 43.0 Å². The van der Waals surface area contributed by atoms with Gasteiger partial charge in [0.25, 0.3) is 0 Å². The van der Waals surface area contributed by atoms with Crippen molar-refractivity contribution in [1.82, 2.24) is 15.2 Å². The minimum absolute atomic E-state index is 0.0109. The number of nitrogens with zero attached hydrogens (tertiary/aromatic N) is 2. The van der Waals surface area contributed by atoms with Gasteiger partial charge in [-0.25, -0.2) is 0 Å². The molecule has 0 fully saturated rings. The SMILES string of the molecule is Cc1ccccc1C(C(=O)NCCCN(C)C)c1ccccn1. The van der Waals surface area contributed by atoms with Crippen molar-refractivity contribution >= 4 is 5.91 Å². The van der Waals surface area contributed by atoms with Gasteiger partial charge in [0.1, 0.15) is 5.92 Å². The van der Waals surface area contributed by atoms with Crippen molar-refractivity contribution in [3.63, 3.8) is 0 Å². The van der Waals surface area contributed by atoms with Gasteiger partial charge in [0, 0.05) is 12.7 Å². The van der Waals surface area contributed by atoms with Crippen LogP contribution in [0.1, 0.15) is 29.2 Å². The van der Waals surface area contributed by atoms with Crippen LogP contribution in [-0.2, 0) is 4.79 Å². The van der Waals surface area contributed by atoms with E-state index in [0.717, 1.165) is 29.8 Å². The fraction of sp³-hybridized carbons (Fsp3) is 0.368. The summed E-state index contributed by atoms with van der Waals surface area (Å²) in [4.78, 5) is 19.3. The maximum atomic E-state index is 12.8. The Kier molecular flexibility index (Phi) is 6.29. The monoisotopic (exact) mass is 311 g/mol. The number of rotatable bonds is 7. The molecule has 1 heterocycles. The number of nitrogens with one attached hydrogen (secondary N) is 1. The number of hydrogen-bond acceptors (Lipinski definition) is 3. The summed E-state index contributed by atoms with van der Waals surface area (Å²) in [6.07, 6.45) is 2.67. The van der Waals surface area contributed by atoms with E-state index in [-0.39, 0.29) is 11.8 Å². The van der Waals surface area contributed by atoms with Crippen LogP contribution < -0.4 is 5.32 Å². The zero-order chi connectivity index (χ0) is 16.7. The molecule has 0 spiro atoms. The first-order valence-corrected chi connectivity index (χ1v) is 7.98. The van der Waals surface area contributed by atoms with Crippen molar-refractivity contribution in [3.05, 3.63) is 65.5 Å². The molecule has 1 amide bonds. The lowest BCUT2D eigenvalue weighted by Crippen LogP contribution is -2.32. The van der Waals surface area contributed by atoms with E-state index in [0.29, 0.717) is 6.54 Å². The van der Waals surface area contributed by atoms with Crippen molar-refractivity contribution in [2.45, 2.75) is 19.3 Å². The highest BCUT2D eigenvalue weighted by molar-refractivity contribution is 5.87. The number of amides is 1. The number of carbonyl (C=O) groups excluding carboxylic acids is 1. The summed E-state index contributed by atoms with van der Waals surface area (Å²) in [5.41, 5.74) is 2.90. The largest absolute Gasteiger partial charge is 0.355 e. The maximum absolute atomic E-state index is 12.8. The van der Waals surface area contributed by atoms with Gasteiger partial charge in [0.15, 0.2) is 0 Å². The van der Waals surface area contributed by atoms with Gasteiger partial charge in [-0.2, -0.15) is 0 Å². The van der Waals surface area contributed by atoms with Crippen LogP contribution in [0.5, 0.6) is 0 Å². The molecule has 122 valence electrons. The van der Waals surface area contributed by atoms with Gasteiger partial charge in [-0.05, 0) is 57.2 Å². The first-order valence-electron chi connectivity index (χ1n) is 7.98. The number of benzene rings is 1. The molecule has 0 saturated carbocycles. The standard InChI is InChI=1S/C19H25N3O/c1-15-9-4-5-10-16(15)18(17-11-6-7-12-20-17)19(23)21-13-8-14-22(2)3/h4-7,9-12,18H,8,13-14H2,1-3H3,(H,21,23). The molecule has 1 atom stereocenters. The average molecular weight is 311 g/mol. The van der Waals surface area contributed by atoms with Gasteiger partial charge >= 0.3 is 0 Å². The van der Waals surface area contributed by atoms with Crippen LogP contribution >= 0.6 is 0 Å². The third-order valence-electron chi connectivity index (χ3n) is 3.83. The van der Waals surface area contributed by atoms with E-state index >= 15 is 0 Å². The second-order valence-electron chi connectivity index (χ2n) is 5.99. The Labute approximate surface area is 138 Å². The van der Waals surface area contributed by atoms with Crippen molar-refractivity contribution in [2.75, 3.05) is 27.2 Å². The summed E-state index contributed by atoms with van der Waals surface area (Å²) >= 11 is 0. The van der Waals surface area contributed by atoms with Crippen LogP contribution in [0.3, 0.4) is 0 Å². The molecule has 23 heavy (non-hydrogen) atoms. The lowest BCUT2D eigenvalue weighted by Gasteiger charge is -2.19. The third kappa shape index (κ3) is 4.89. The molecule has 1 aromatic carbocycles. The van der Waals surface area contributed by atoms with Crippen molar-refractivity contribution in [3.8, 4) is 0 Å².